The van der Waals surface area contributed by atoms with Gasteiger partial charge in [-0.05, 0) is 43.4 Å². The van der Waals surface area contributed by atoms with Crippen LogP contribution in [0.2, 0.25) is 0 Å². The molecule has 174 valence electrons. The summed E-state index contributed by atoms with van der Waals surface area (Å²) in [5, 5.41) is 0. The molecule has 8 heteroatoms. The topological polar surface area (TPSA) is 47.5 Å². The Morgan fingerprint density at radius 3 is 2.48 bits per heavy atom. The Bertz CT molecular complexity index is 1050. The lowest BCUT2D eigenvalue weighted by Gasteiger charge is -2.25. The normalized spacial score (nSPS) is 14.7. The van der Waals surface area contributed by atoms with Crippen LogP contribution in [0.1, 0.15) is 43.2 Å². The minimum atomic E-state index is -4.61. The van der Waals surface area contributed by atoms with E-state index in [0.717, 1.165) is 37.4 Å². The van der Waals surface area contributed by atoms with Crippen LogP contribution in [0, 0.1) is 0 Å². The van der Waals surface area contributed by atoms with Crippen LogP contribution in [-0.2, 0) is 12.8 Å². The lowest BCUT2D eigenvalue weighted by Crippen LogP contribution is -2.21. The zero-order valence-corrected chi connectivity index (χ0v) is 18.4. The molecule has 2 aromatic carbocycles. The van der Waals surface area contributed by atoms with Gasteiger partial charge in [0, 0.05) is 25.0 Å². The number of halogens is 3. The van der Waals surface area contributed by atoms with Gasteiger partial charge >= 0.3 is 12.2 Å². The molecule has 1 aliphatic carbocycles. The quantitative estimate of drug-likeness (QED) is 0.402. The summed E-state index contributed by atoms with van der Waals surface area (Å²) < 4.78 is 52.8. The lowest BCUT2D eigenvalue weighted by atomic mass is 9.98. The van der Waals surface area contributed by atoms with Crippen LogP contribution in [0.5, 0.6) is 11.8 Å². The average molecular weight is 457 g/mol. The standard InChI is InChI=1S/C25H26F3N3O2/c1-31(19-11-8-14-21(15-19)33-20-12-6-3-7-13-20)23-22(25(26,27)28)16-29-24(30-23)32-17-18-9-4-2-5-10-18/h2,4-5,8-11,14-16,20H,3,6-7,12-13,17H2,1H3. The Labute approximate surface area is 191 Å². The van der Waals surface area contributed by atoms with Crippen molar-refractivity contribution in [3.05, 3.63) is 71.9 Å². The summed E-state index contributed by atoms with van der Waals surface area (Å²) in [5.41, 5.74) is 0.459. The average Bonchev–Trinajstić information content (AvgIpc) is 2.83. The first kappa shape index (κ1) is 22.9. The Kier molecular flexibility index (Phi) is 7.01. The molecule has 0 atom stereocenters. The van der Waals surface area contributed by atoms with E-state index in [1.807, 2.05) is 36.4 Å². The van der Waals surface area contributed by atoms with Crippen molar-refractivity contribution in [1.29, 1.82) is 0 Å². The molecule has 1 fully saturated rings. The van der Waals surface area contributed by atoms with Crippen molar-refractivity contribution in [3.63, 3.8) is 0 Å². The molecule has 0 bridgehead atoms. The van der Waals surface area contributed by atoms with Crippen LogP contribution in [-0.4, -0.2) is 23.1 Å². The number of alkyl halides is 3. The molecule has 33 heavy (non-hydrogen) atoms. The van der Waals surface area contributed by atoms with Gasteiger partial charge in [-0.25, -0.2) is 4.98 Å². The third-order valence-corrected chi connectivity index (χ3v) is 5.64. The third kappa shape index (κ3) is 5.94. The molecule has 1 aromatic heterocycles. The lowest BCUT2D eigenvalue weighted by molar-refractivity contribution is -0.137. The van der Waals surface area contributed by atoms with Crippen molar-refractivity contribution in [3.8, 4) is 11.8 Å². The molecule has 0 amide bonds. The van der Waals surface area contributed by atoms with Crippen LogP contribution < -0.4 is 14.4 Å². The van der Waals surface area contributed by atoms with E-state index in [2.05, 4.69) is 9.97 Å². The number of hydrogen-bond acceptors (Lipinski definition) is 5. The van der Waals surface area contributed by atoms with Gasteiger partial charge in [0.05, 0.1) is 6.10 Å². The molecule has 0 aliphatic heterocycles. The van der Waals surface area contributed by atoms with E-state index in [0.29, 0.717) is 11.4 Å². The van der Waals surface area contributed by atoms with Crippen molar-refractivity contribution in [2.24, 2.45) is 0 Å². The first-order chi connectivity index (χ1) is 15.9. The molecule has 1 aliphatic rings. The van der Waals surface area contributed by atoms with E-state index < -0.39 is 11.7 Å². The Balaban J connectivity index is 1.58. The number of hydrogen-bond donors (Lipinski definition) is 0. The van der Waals surface area contributed by atoms with Gasteiger partial charge in [-0.1, -0.05) is 42.8 Å². The largest absolute Gasteiger partial charge is 0.490 e. The molecule has 0 spiro atoms. The predicted octanol–water partition coefficient (Wildman–Crippen LogP) is 6.55. The summed E-state index contributed by atoms with van der Waals surface area (Å²) in [6.45, 7) is 0.153. The van der Waals surface area contributed by atoms with Gasteiger partial charge in [0.15, 0.2) is 5.82 Å². The second-order valence-electron chi connectivity index (χ2n) is 8.10. The second-order valence-corrected chi connectivity index (χ2v) is 8.10. The van der Waals surface area contributed by atoms with Gasteiger partial charge < -0.3 is 14.4 Å². The predicted molar refractivity (Wildman–Crippen MR) is 120 cm³/mol. The van der Waals surface area contributed by atoms with Gasteiger partial charge in [-0.2, -0.15) is 18.2 Å². The fourth-order valence-electron chi connectivity index (χ4n) is 3.87. The van der Waals surface area contributed by atoms with E-state index in [4.69, 9.17) is 9.47 Å². The Morgan fingerprint density at radius 1 is 1.00 bits per heavy atom. The summed E-state index contributed by atoms with van der Waals surface area (Å²) in [6, 6.07) is 16.2. The molecule has 5 nitrogen and oxygen atoms in total. The molecule has 0 radical (unpaired) electrons. The highest BCUT2D eigenvalue weighted by Gasteiger charge is 2.37. The first-order valence-corrected chi connectivity index (χ1v) is 11.0. The van der Waals surface area contributed by atoms with E-state index in [1.165, 1.54) is 18.4 Å². The fraction of sp³-hybridized carbons (Fsp3) is 0.360. The number of ether oxygens (including phenoxy) is 2. The van der Waals surface area contributed by atoms with Gasteiger partial charge in [0.1, 0.15) is 17.9 Å². The Hall–Kier alpha value is -3.29. The molecule has 0 N–H and O–H groups in total. The van der Waals surface area contributed by atoms with Gasteiger partial charge in [-0.15, -0.1) is 0 Å². The number of anilines is 2. The fourth-order valence-corrected chi connectivity index (χ4v) is 3.87. The van der Waals surface area contributed by atoms with Gasteiger partial charge in [0.2, 0.25) is 0 Å². The van der Waals surface area contributed by atoms with Crippen molar-refractivity contribution >= 4 is 11.5 Å². The number of rotatable bonds is 7. The minimum absolute atomic E-state index is 0.122. The third-order valence-electron chi connectivity index (χ3n) is 5.64. The second kappa shape index (κ2) is 10.1. The SMILES string of the molecule is CN(c1cccc(OC2CCCCC2)c1)c1nc(OCc2ccccc2)ncc1C(F)(F)F. The van der Waals surface area contributed by atoms with E-state index in [-0.39, 0.29) is 24.5 Å². The molecular formula is C25H26F3N3O2. The number of nitrogens with zero attached hydrogens (tertiary/aromatic N) is 3. The molecule has 1 saturated carbocycles. The van der Waals surface area contributed by atoms with Crippen molar-refractivity contribution < 1.29 is 22.6 Å². The number of benzene rings is 2. The molecule has 4 rings (SSSR count). The summed E-state index contributed by atoms with van der Waals surface area (Å²) >= 11 is 0. The van der Waals surface area contributed by atoms with Crippen LogP contribution in [0.4, 0.5) is 24.7 Å². The molecule has 0 saturated heterocycles. The van der Waals surface area contributed by atoms with Crippen molar-refractivity contribution in [2.45, 2.75) is 51.0 Å². The molecule has 0 unspecified atom stereocenters. The minimum Gasteiger partial charge on any atom is -0.490 e. The van der Waals surface area contributed by atoms with Crippen molar-refractivity contribution in [2.75, 3.05) is 11.9 Å². The monoisotopic (exact) mass is 457 g/mol. The van der Waals surface area contributed by atoms with Crippen LogP contribution >= 0.6 is 0 Å². The summed E-state index contributed by atoms with van der Waals surface area (Å²) in [5.74, 6) is 0.352. The number of aromatic nitrogens is 2. The summed E-state index contributed by atoms with van der Waals surface area (Å²) in [7, 11) is 1.54. The Morgan fingerprint density at radius 2 is 1.76 bits per heavy atom. The van der Waals surface area contributed by atoms with Crippen LogP contribution in [0.15, 0.2) is 60.8 Å². The highest BCUT2D eigenvalue weighted by atomic mass is 19.4. The van der Waals surface area contributed by atoms with E-state index >= 15 is 0 Å². The molecular weight excluding hydrogens is 431 g/mol. The zero-order chi connectivity index (χ0) is 23.3. The van der Waals surface area contributed by atoms with Gasteiger partial charge in [-0.3, -0.25) is 0 Å². The van der Waals surface area contributed by atoms with Gasteiger partial charge in [0.25, 0.3) is 0 Å². The first-order valence-electron chi connectivity index (χ1n) is 11.0. The maximum atomic E-state index is 13.7. The summed E-state index contributed by atoms with van der Waals surface area (Å²) in [4.78, 5) is 9.28. The maximum absolute atomic E-state index is 13.7. The summed E-state index contributed by atoms with van der Waals surface area (Å²) in [6.07, 6.45) is 1.75. The zero-order valence-electron chi connectivity index (χ0n) is 18.4. The highest BCUT2D eigenvalue weighted by molar-refractivity contribution is 5.64. The molecule has 1 heterocycles. The highest BCUT2D eigenvalue weighted by Crippen LogP contribution is 2.38. The molecule has 3 aromatic rings. The van der Waals surface area contributed by atoms with Crippen LogP contribution in [0.25, 0.3) is 0 Å². The maximum Gasteiger partial charge on any atom is 0.421 e. The van der Waals surface area contributed by atoms with E-state index in [9.17, 15) is 13.2 Å². The van der Waals surface area contributed by atoms with E-state index in [1.54, 1.807) is 18.2 Å². The smallest absolute Gasteiger partial charge is 0.421 e. The van der Waals surface area contributed by atoms with Crippen LogP contribution in [0.3, 0.4) is 0 Å². The van der Waals surface area contributed by atoms with Crippen molar-refractivity contribution in [1.82, 2.24) is 9.97 Å².